The Kier molecular flexibility index (Phi) is 119. The molecule has 0 aromatic rings. The van der Waals surface area contributed by atoms with Crippen LogP contribution in [-0.2, 0) is 0 Å². The van der Waals surface area contributed by atoms with Crippen LogP contribution in [0.25, 0.3) is 0 Å². The molecule has 0 bridgehead atoms. The molecule has 0 rings (SSSR count). The van der Waals surface area contributed by atoms with Crippen LogP contribution < -0.4 is 0 Å². The third-order valence-electron chi connectivity index (χ3n) is 0. The zero-order chi connectivity index (χ0) is 3.58. The summed E-state index contributed by atoms with van der Waals surface area (Å²) in [5.74, 6) is 0. The van der Waals surface area contributed by atoms with E-state index in [9.17, 15) is 0 Å². The first-order valence-corrected chi connectivity index (χ1v) is 0.775. The summed E-state index contributed by atoms with van der Waals surface area (Å²) in [7, 11) is -2.17. The maximum absolute atomic E-state index is 7.17. The predicted octanol–water partition coefficient (Wildman–Crippen LogP) is -5.29. The Balaban J connectivity index is -0.00000000450. The molecule has 0 saturated heterocycles. The summed E-state index contributed by atoms with van der Waals surface area (Å²) >= 11 is 0. The van der Waals surface area contributed by atoms with Crippen molar-refractivity contribution < 1.29 is 15.1 Å². The van der Waals surface area contributed by atoms with Crippen LogP contribution >= 0.6 is 0 Å². The molecule has 0 aliphatic rings. The van der Waals surface area contributed by atoms with Crippen molar-refractivity contribution >= 4 is 264 Å². The van der Waals surface area contributed by atoms with E-state index in [1.807, 2.05) is 0 Å². The van der Waals surface area contributed by atoms with Gasteiger partial charge < -0.3 is 15.1 Å². The molecule has 0 heterocycles. The van der Waals surface area contributed by atoms with Crippen LogP contribution in [0.3, 0.4) is 0 Å². The van der Waals surface area contributed by atoms with E-state index < -0.39 is 7.32 Å². The predicted molar refractivity (Wildman–Crippen MR) is 48.2 cm³/mol. The topological polar surface area (TPSA) is 60.7 Å². The molecular formula is H8BK5O3. The zero-order valence-corrected chi connectivity index (χ0v) is 1.92. The molecule has 0 aliphatic heterocycles. The van der Waals surface area contributed by atoms with Crippen molar-refractivity contribution in [3.05, 3.63) is 0 Å². The van der Waals surface area contributed by atoms with Gasteiger partial charge in [0.15, 0.2) is 0 Å². The van der Waals surface area contributed by atoms with E-state index >= 15 is 0 Å². The van der Waals surface area contributed by atoms with Crippen molar-refractivity contribution in [1.29, 1.82) is 0 Å². The van der Waals surface area contributed by atoms with Crippen molar-refractivity contribution in [1.82, 2.24) is 0 Å². The molecule has 0 radical (unpaired) electrons. The molecule has 34 valence electrons. The summed E-state index contributed by atoms with van der Waals surface area (Å²) in [6, 6.07) is 0. The second-order valence-corrected chi connectivity index (χ2v) is 0.346. The number of rotatable bonds is 0. The summed E-state index contributed by atoms with van der Waals surface area (Å²) in [6.45, 7) is 0. The van der Waals surface area contributed by atoms with Crippen LogP contribution in [0.2, 0.25) is 0 Å². The van der Waals surface area contributed by atoms with E-state index in [0.29, 0.717) is 0 Å². The van der Waals surface area contributed by atoms with E-state index in [2.05, 4.69) is 0 Å². The molecule has 9 heavy (non-hydrogen) atoms. The fourth-order valence-corrected chi connectivity index (χ4v) is 0. The normalized spacial score (nSPS) is 3.00. The van der Waals surface area contributed by atoms with Crippen LogP contribution in [0, 0.1) is 0 Å². The molecule has 0 spiro atoms. The molecule has 3 N–H and O–H groups in total. The molecule has 0 aliphatic carbocycles. The molecule has 0 aromatic heterocycles. The van der Waals surface area contributed by atoms with Crippen molar-refractivity contribution in [2.24, 2.45) is 0 Å². The summed E-state index contributed by atoms with van der Waals surface area (Å²) < 4.78 is 0. The Hall–Kier alpha value is 8.13. The molecule has 0 amide bonds. The number of hydrogen-bond donors (Lipinski definition) is 3. The van der Waals surface area contributed by atoms with Gasteiger partial charge in [-0.15, -0.1) is 0 Å². The SMILES string of the molecule is OB(O)O.[KH].[KH].[KH].[KH].[KH]. The Bertz CT molecular complexity index is 16.9. The van der Waals surface area contributed by atoms with Crippen molar-refractivity contribution in [2.75, 3.05) is 0 Å². The third kappa shape index (κ3) is 48.7. The van der Waals surface area contributed by atoms with Gasteiger partial charge in [-0.1, -0.05) is 0 Å². The second kappa shape index (κ2) is 29.8. The molecule has 9 heteroatoms. The minimum atomic E-state index is -2.17. The van der Waals surface area contributed by atoms with Gasteiger partial charge in [0.05, 0.1) is 0 Å². The van der Waals surface area contributed by atoms with Gasteiger partial charge in [-0.25, -0.2) is 0 Å². The monoisotopic (exact) mass is 262 g/mol. The summed E-state index contributed by atoms with van der Waals surface area (Å²) in [4.78, 5) is 0. The molecule has 3 nitrogen and oxygen atoms in total. The summed E-state index contributed by atoms with van der Waals surface area (Å²) in [5.41, 5.74) is 0. The number of hydrogen-bond acceptors (Lipinski definition) is 3. The van der Waals surface area contributed by atoms with E-state index in [-0.39, 0.29) is 257 Å². The first-order chi connectivity index (χ1) is 1.73. The van der Waals surface area contributed by atoms with Gasteiger partial charge >= 0.3 is 264 Å². The molecule has 0 atom stereocenters. The van der Waals surface area contributed by atoms with Gasteiger partial charge in [0, 0.05) is 0 Å². The third-order valence-corrected chi connectivity index (χ3v) is 0. The summed E-state index contributed by atoms with van der Waals surface area (Å²) in [5, 5.41) is 21.5. The second-order valence-electron chi connectivity index (χ2n) is 0.346. The van der Waals surface area contributed by atoms with Gasteiger partial charge in [-0.05, 0) is 0 Å². The van der Waals surface area contributed by atoms with Gasteiger partial charge in [-0.3, -0.25) is 0 Å². The van der Waals surface area contributed by atoms with Crippen LogP contribution in [0.1, 0.15) is 0 Å². The average molecular weight is 262 g/mol. The van der Waals surface area contributed by atoms with E-state index in [1.54, 1.807) is 0 Å². The fourth-order valence-electron chi connectivity index (χ4n) is 0. The zero-order valence-electron chi connectivity index (χ0n) is 1.92. The minimum absolute atomic E-state index is 0. The van der Waals surface area contributed by atoms with Crippen molar-refractivity contribution in [3.63, 3.8) is 0 Å². The Morgan fingerprint density at radius 1 is 0.556 bits per heavy atom. The first-order valence-electron chi connectivity index (χ1n) is 0.775. The van der Waals surface area contributed by atoms with Gasteiger partial charge in [0.25, 0.3) is 0 Å². The quantitative estimate of drug-likeness (QED) is 0.382. The standard InChI is InChI=1S/BH3O3.5K.5H/c2-1(3)4;;;;;;;;;;/h2-4H;;;;;;;;;;. The van der Waals surface area contributed by atoms with Gasteiger partial charge in [-0.2, -0.15) is 0 Å². The van der Waals surface area contributed by atoms with E-state index in [0.717, 1.165) is 0 Å². The molecule has 0 unspecified atom stereocenters. The Morgan fingerprint density at radius 2 is 0.556 bits per heavy atom. The molecular weight excluding hydrogens is 254 g/mol. The van der Waals surface area contributed by atoms with Gasteiger partial charge in [0.1, 0.15) is 0 Å². The van der Waals surface area contributed by atoms with Gasteiger partial charge in [0.2, 0.25) is 0 Å². The van der Waals surface area contributed by atoms with E-state index in [4.69, 9.17) is 15.1 Å². The molecule has 0 saturated carbocycles. The first kappa shape index (κ1) is 36.0. The van der Waals surface area contributed by atoms with Crippen LogP contribution in [0.5, 0.6) is 0 Å². The van der Waals surface area contributed by atoms with Crippen molar-refractivity contribution in [2.45, 2.75) is 0 Å². The van der Waals surface area contributed by atoms with Crippen LogP contribution in [0.15, 0.2) is 0 Å². The maximum atomic E-state index is 7.17. The molecule has 0 fully saturated rings. The fraction of sp³-hybridized carbons (Fsp3) is 0. The summed E-state index contributed by atoms with van der Waals surface area (Å²) in [6.07, 6.45) is 0. The molecule has 0 aromatic carbocycles. The van der Waals surface area contributed by atoms with Crippen LogP contribution in [0.4, 0.5) is 0 Å². The Labute approximate surface area is 268 Å². The van der Waals surface area contributed by atoms with Crippen LogP contribution in [-0.4, -0.2) is 279 Å². The van der Waals surface area contributed by atoms with E-state index in [1.165, 1.54) is 0 Å². The van der Waals surface area contributed by atoms with Crippen molar-refractivity contribution in [3.8, 4) is 0 Å². The average Bonchev–Trinajstić information content (AvgIpc) is 0.811. The Morgan fingerprint density at radius 3 is 0.556 bits per heavy atom.